The van der Waals surface area contributed by atoms with Gasteiger partial charge in [-0.2, -0.15) is 0 Å². The molecule has 7 heteroatoms. The Kier molecular flexibility index (Phi) is 3.26. The Morgan fingerprint density at radius 1 is 1.53 bits per heavy atom. The van der Waals surface area contributed by atoms with E-state index in [1.807, 2.05) is 0 Å². The Morgan fingerprint density at radius 2 is 2.24 bits per heavy atom. The van der Waals surface area contributed by atoms with Crippen LogP contribution < -0.4 is 5.32 Å². The summed E-state index contributed by atoms with van der Waals surface area (Å²) in [4.78, 5) is 21.7. The molecule has 1 aromatic carbocycles. The lowest BCUT2D eigenvalue weighted by atomic mass is 10.1. The minimum Gasteiger partial charge on any atom is -0.377 e. The van der Waals surface area contributed by atoms with Crippen molar-refractivity contribution in [3.63, 3.8) is 0 Å². The van der Waals surface area contributed by atoms with E-state index in [4.69, 9.17) is 16.3 Å². The SMILES string of the molecule is O=C(NC1COC1)c1ccc(Cl)c([N+](=O)[O-])c1. The van der Waals surface area contributed by atoms with Gasteiger partial charge in [0.15, 0.2) is 0 Å². The maximum Gasteiger partial charge on any atom is 0.288 e. The van der Waals surface area contributed by atoms with Gasteiger partial charge in [0.25, 0.3) is 11.6 Å². The number of nitrogens with zero attached hydrogens (tertiary/aromatic N) is 1. The van der Waals surface area contributed by atoms with Crippen molar-refractivity contribution in [1.82, 2.24) is 5.32 Å². The summed E-state index contributed by atoms with van der Waals surface area (Å²) >= 11 is 5.65. The van der Waals surface area contributed by atoms with E-state index in [2.05, 4.69) is 5.32 Å². The molecule has 1 saturated heterocycles. The average molecular weight is 257 g/mol. The zero-order valence-corrected chi connectivity index (χ0v) is 9.44. The minimum atomic E-state index is -0.619. The number of benzene rings is 1. The summed E-state index contributed by atoms with van der Waals surface area (Å²) in [6, 6.07) is 3.94. The number of carbonyl (C=O) groups is 1. The fourth-order valence-electron chi connectivity index (χ4n) is 1.38. The second-order valence-electron chi connectivity index (χ2n) is 3.63. The van der Waals surface area contributed by atoms with Gasteiger partial charge in [0, 0.05) is 11.6 Å². The van der Waals surface area contributed by atoms with Gasteiger partial charge in [-0.3, -0.25) is 14.9 Å². The lowest BCUT2D eigenvalue weighted by Gasteiger charge is -2.26. The number of hydrogen-bond acceptors (Lipinski definition) is 4. The molecule has 0 atom stereocenters. The number of rotatable bonds is 3. The van der Waals surface area contributed by atoms with Gasteiger partial charge in [-0.25, -0.2) is 0 Å². The lowest BCUT2D eigenvalue weighted by molar-refractivity contribution is -0.384. The molecule has 0 radical (unpaired) electrons. The maximum atomic E-state index is 11.7. The fraction of sp³-hybridized carbons (Fsp3) is 0.300. The highest BCUT2D eigenvalue weighted by atomic mass is 35.5. The van der Waals surface area contributed by atoms with Crippen LogP contribution in [0.3, 0.4) is 0 Å². The molecule has 1 aliphatic heterocycles. The maximum absolute atomic E-state index is 11.7. The van der Waals surface area contributed by atoms with Crippen molar-refractivity contribution in [3.8, 4) is 0 Å². The van der Waals surface area contributed by atoms with Crippen LogP contribution in [0.2, 0.25) is 5.02 Å². The van der Waals surface area contributed by atoms with Gasteiger partial charge in [0.05, 0.1) is 24.2 Å². The van der Waals surface area contributed by atoms with E-state index in [0.717, 1.165) is 6.07 Å². The lowest BCUT2D eigenvalue weighted by Crippen LogP contribution is -2.48. The zero-order valence-electron chi connectivity index (χ0n) is 8.68. The first kappa shape index (κ1) is 11.8. The monoisotopic (exact) mass is 256 g/mol. The topological polar surface area (TPSA) is 81.5 Å². The number of carbonyl (C=O) groups excluding carboxylic acids is 1. The van der Waals surface area contributed by atoms with E-state index in [1.165, 1.54) is 12.1 Å². The number of nitro benzene ring substituents is 1. The number of halogens is 1. The predicted octanol–water partition coefficient (Wildman–Crippen LogP) is 1.38. The molecule has 0 saturated carbocycles. The largest absolute Gasteiger partial charge is 0.377 e. The van der Waals surface area contributed by atoms with Crippen molar-refractivity contribution in [2.24, 2.45) is 0 Å². The first-order valence-corrected chi connectivity index (χ1v) is 5.28. The van der Waals surface area contributed by atoms with Crippen LogP contribution in [0.4, 0.5) is 5.69 Å². The van der Waals surface area contributed by atoms with Gasteiger partial charge in [0.2, 0.25) is 0 Å². The zero-order chi connectivity index (χ0) is 12.4. The number of amides is 1. The summed E-state index contributed by atoms with van der Waals surface area (Å²) in [5.41, 5.74) is -0.0582. The summed E-state index contributed by atoms with van der Waals surface area (Å²) in [6.07, 6.45) is 0. The second-order valence-corrected chi connectivity index (χ2v) is 4.04. The van der Waals surface area contributed by atoms with Crippen LogP contribution in [0.15, 0.2) is 18.2 Å². The molecule has 0 aliphatic carbocycles. The average Bonchev–Trinajstić information content (AvgIpc) is 2.23. The standard InChI is InChI=1S/C10H9ClN2O4/c11-8-2-1-6(3-9(8)13(15)16)10(14)12-7-4-17-5-7/h1-3,7H,4-5H2,(H,12,14). The minimum absolute atomic E-state index is 0.0125. The summed E-state index contributed by atoms with van der Waals surface area (Å²) in [7, 11) is 0. The molecule has 0 unspecified atom stereocenters. The van der Waals surface area contributed by atoms with E-state index in [9.17, 15) is 14.9 Å². The molecule has 2 rings (SSSR count). The van der Waals surface area contributed by atoms with Gasteiger partial charge >= 0.3 is 0 Å². The van der Waals surface area contributed by atoms with E-state index < -0.39 is 4.92 Å². The van der Waals surface area contributed by atoms with Crippen LogP contribution in [0.1, 0.15) is 10.4 Å². The molecule has 6 nitrogen and oxygen atoms in total. The van der Waals surface area contributed by atoms with Crippen molar-refractivity contribution in [2.45, 2.75) is 6.04 Å². The van der Waals surface area contributed by atoms with Crippen molar-refractivity contribution in [3.05, 3.63) is 38.9 Å². The molecule has 1 aromatic rings. The number of nitrogens with one attached hydrogen (secondary N) is 1. The van der Waals surface area contributed by atoms with Crippen molar-refractivity contribution < 1.29 is 14.5 Å². The molecule has 0 spiro atoms. The molecule has 1 heterocycles. The number of hydrogen-bond donors (Lipinski definition) is 1. The molecular formula is C10H9ClN2O4. The van der Waals surface area contributed by atoms with Crippen LogP contribution in [-0.2, 0) is 4.74 Å². The predicted molar refractivity (Wildman–Crippen MR) is 60.2 cm³/mol. The van der Waals surface area contributed by atoms with Crippen LogP contribution in [0.5, 0.6) is 0 Å². The van der Waals surface area contributed by atoms with Crippen LogP contribution in [0, 0.1) is 10.1 Å². The van der Waals surface area contributed by atoms with Crippen molar-refractivity contribution in [2.75, 3.05) is 13.2 Å². The molecule has 90 valence electrons. The third kappa shape index (κ3) is 2.54. The Labute approximate surface area is 102 Å². The normalized spacial score (nSPS) is 15.1. The molecule has 1 amide bonds. The molecule has 17 heavy (non-hydrogen) atoms. The van der Waals surface area contributed by atoms with Gasteiger partial charge in [-0.15, -0.1) is 0 Å². The Morgan fingerprint density at radius 3 is 2.76 bits per heavy atom. The third-order valence-corrected chi connectivity index (χ3v) is 2.70. The summed E-state index contributed by atoms with van der Waals surface area (Å²) in [5, 5.41) is 13.4. The van der Waals surface area contributed by atoms with E-state index in [1.54, 1.807) is 0 Å². The van der Waals surface area contributed by atoms with Crippen molar-refractivity contribution >= 4 is 23.2 Å². The smallest absolute Gasteiger partial charge is 0.288 e. The van der Waals surface area contributed by atoms with Crippen LogP contribution in [-0.4, -0.2) is 30.1 Å². The van der Waals surface area contributed by atoms with Gasteiger partial charge in [0.1, 0.15) is 5.02 Å². The van der Waals surface area contributed by atoms with E-state index in [-0.39, 0.29) is 28.2 Å². The van der Waals surface area contributed by atoms with E-state index >= 15 is 0 Å². The summed E-state index contributed by atoms with van der Waals surface area (Å²) < 4.78 is 4.91. The number of ether oxygens (including phenoxy) is 1. The highest BCUT2D eigenvalue weighted by Crippen LogP contribution is 2.25. The summed E-state index contributed by atoms with van der Waals surface area (Å²) in [6.45, 7) is 0.947. The van der Waals surface area contributed by atoms with Gasteiger partial charge in [-0.05, 0) is 12.1 Å². The Hall–Kier alpha value is -1.66. The second kappa shape index (κ2) is 4.68. The van der Waals surface area contributed by atoms with E-state index in [0.29, 0.717) is 13.2 Å². The summed E-state index contributed by atoms with van der Waals surface area (Å²) in [5.74, 6) is -0.363. The van der Waals surface area contributed by atoms with Crippen LogP contribution >= 0.6 is 11.6 Å². The molecule has 0 aromatic heterocycles. The fourth-order valence-corrected chi connectivity index (χ4v) is 1.57. The van der Waals surface area contributed by atoms with Gasteiger partial charge < -0.3 is 10.1 Å². The highest BCUT2D eigenvalue weighted by Gasteiger charge is 2.22. The van der Waals surface area contributed by atoms with Crippen LogP contribution in [0.25, 0.3) is 0 Å². The Balaban J connectivity index is 2.17. The Bertz CT molecular complexity index is 473. The molecule has 1 fully saturated rings. The molecule has 1 aliphatic rings. The van der Waals surface area contributed by atoms with Crippen molar-refractivity contribution in [1.29, 1.82) is 0 Å². The first-order chi connectivity index (χ1) is 8.08. The quantitative estimate of drug-likeness (QED) is 0.654. The molecular weight excluding hydrogens is 248 g/mol. The molecule has 0 bridgehead atoms. The van der Waals surface area contributed by atoms with Gasteiger partial charge in [-0.1, -0.05) is 11.6 Å². The first-order valence-electron chi connectivity index (χ1n) is 4.90. The number of nitro groups is 1. The third-order valence-electron chi connectivity index (χ3n) is 2.38. The molecule has 1 N–H and O–H groups in total. The highest BCUT2D eigenvalue weighted by molar-refractivity contribution is 6.32.